The molecule has 0 saturated carbocycles. The molecule has 2 aromatic carbocycles. The van der Waals surface area contributed by atoms with Crippen LogP contribution in [0.15, 0.2) is 53.4 Å². The average molecular weight is 474 g/mol. The van der Waals surface area contributed by atoms with Crippen molar-refractivity contribution < 1.29 is 35.5 Å². The minimum atomic E-state index is -4.79. The van der Waals surface area contributed by atoms with E-state index in [9.17, 15) is 30.8 Å². The summed E-state index contributed by atoms with van der Waals surface area (Å²) in [4.78, 5) is 11.5. The van der Waals surface area contributed by atoms with E-state index in [-0.39, 0.29) is 50.8 Å². The lowest BCUT2D eigenvalue weighted by Gasteiger charge is -2.31. The number of hydrogen-bond donors (Lipinski definition) is 1. The van der Waals surface area contributed by atoms with Crippen molar-refractivity contribution >= 4 is 15.9 Å². The molecule has 6 nitrogen and oxygen atoms in total. The zero-order valence-electron chi connectivity index (χ0n) is 16.9. The first-order valence-electron chi connectivity index (χ1n) is 9.91. The van der Waals surface area contributed by atoms with Crippen molar-refractivity contribution in [1.82, 2.24) is 9.62 Å². The second kappa shape index (κ2) is 9.86. The molecule has 1 aliphatic rings. The number of rotatable bonds is 7. The van der Waals surface area contributed by atoms with Crippen LogP contribution in [0.1, 0.15) is 18.4 Å². The van der Waals surface area contributed by atoms with Crippen LogP contribution >= 0.6 is 0 Å². The zero-order valence-corrected chi connectivity index (χ0v) is 17.8. The number of benzene rings is 2. The third kappa shape index (κ3) is 5.77. The number of carbonyl (C=O) groups is 1. The van der Waals surface area contributed by atoms with Gasteiger partial charge in [-0.1, -0.05) is 12.1 Å². The largest absolute Gasteiger partial charge is 0.492 e. The summed E-state index contributed by atoms with van der Waals surface area (Å²) in [5, 5.41) is 2.69. The summed E-state index contributed by atoms with van der Waals surface area (Å²) < 4.78 is 84.5. The molecule has 0 aromatic heterocycles. The molecule has 3 rings (SSSR count). The van der Waals surface area contributed by atoms with Crippen molar-refractivity contribution in [1.29, 1.82) is 0 Å². The Morgan fingerprint density at radius 3 is 2.31 bits per heavy atom. The fraction of sp³-hybridized carbons (Fsp3) is 0.381. The molecule has 0 aliphatic carbocycles. The van der Waals surface area contributed by atoms with Gasteiger partial charge in [0.15, 0.2) is 0 Å². The van der Waals surface area contributed by atoms with Crippen LogP contribution < -0.4 is 10.1 Å². The summed E-state index contributed by atoms with van der Waals surface area (Å²) in [6.07, 6.45) is -4.41. The fourth-order valence-corrected chi connectivity index (χ4v) is 5.12. The third-order valence-corrected chi connectivity index (χ3v) is 7.08. The quantitative estimate of drug-likeness (QED) is 0.493. The first-order valence-corrected chi connectivity index (χ1v) is 11.4. The number of piperidine rings is 1. The molecule has 1 amide bonds. The maximum absolute atomic E-state index is 13.2. The number of nitrogens with zero attached hydrogens (tertiary/aromatic N) is 1. The van der Waals surface area contributed by atoms with E-state index in [4.69, 9.17) is 4.74 Å². The maximum atomic E-state index is 13.2. The second-order valence-electron chi connectivity index (χ2n) is 7.27. The predicted octanol–water partition coefficient (Wildman–Crippen LogP) is 3.44. The van der Waals surface area contributed by atoms with Gasteiger partial charge in [-0.25, -0.2) is 12.8 Å². The second-order valence-corrected chi connectivity index (χ2v) is 9.17. The number of carbonyl (C=O) groups excluding carboxylic acids is 1. The minimum Gasteiger partial charge on any atom is -0.492 e. The monoisotopic (exact) mass is 474 g/mol. The summed E-state index contributed by atoms with van der Waals surface area (Å²) in [7, 11) is -4.34. The van der Waals surface area contributed by atoms with Gasteiger partial charge in [0.05, 0.1) is 17.0 Å². The highest BCUT2D eigenvalue weighted by Gasteiger charge is 2.40. The van der Waals surface area contributed by atoms with Crippen molar-refractivity contribution in [3.05, 3.63) is 59.9 Å². The van der Waals surface area contributed by atoms with Crippen LogP contribution in [0.2, 0.25) is 0 Å². The number of alkyl halides is 3. The molecule has 174 valence electrons. The van der Waals surface area contributed by atoms with Crippen LogP contribution in [0.25, 0.3) is 0 Å². The Kier molecular flexibility index (Phi) is 7.40. The molecular formula is C21H22F4N2O4S. The Bertz CT molecular complexity index is 1030. The molecular weight excluding hydrogens is 452 g/mol. The lowest BCUT2D eigenvalue weighted by molar-refractivity contribution is -0.139. The average Bonchev–Trinajstić information content (AvgIpc) is 2.77. The molecule has 0 spiro atoms. The van der Waals surface area contributed by atoms with Gasteiger partial charge < -0.3 is 10.1 Å². The summed E-state index contributed by atoms with van der Waals surface area (Å²) in [5.41, 5.74) is -1.21. The molecule has 1 heterocycles. The Morgan fingerprint density at radius 1 is 1.06 bits per heavy atom. The molecule has 1 saturated heterocycles. The summed E-state index contributed by atoms with van der Waals surface area (Å²) in [6.45, 7) is 0.254. The molecule has 0 atom stereocenters. The van der Waals surface area contributed by atoms with Gasteiger partial charge in [0, 0.05) is 19.0 Å². The number of sulfonamides is 1. The Labute approximate surface area is 183 Å². The number of halogens is 4. The number of nitrogens with one attached hydrogen (secondary N) is 1. The van der Waals surface area contributed by atoms with Crippen LogP contribution in [-0.2, 0) is 21.0 Å². The molecule has 11 heteroatoms. The third-order valence-electron chi connectivity index (χ3n) is 5.12. The summed E-state index contributed by atoms with van der Waals surface area (Å²) >= 11 is 0. The number of hydrogen-bond acceptors (Lipinski definition) is 4. The van der Waals surface area contributed by atoms with Gasteiger partial charge in [-0.15, -0.1) is 0 Å². The van der Waals surface area contributed by atoms with Crippen LogP contribution in [0.4, 0.5) is 17.6 Å². The van der Waals surface area contributed by atoms with Gasteiger partial charge in [0.25, 0.3) is 0 Å². The summed E-state index contributed by atoms with van der Waals surface area (Å²) in [6, 6.07) is 9.49. The SMILES string of the molecule is O=C(NCCOc1ccc(F)cc1)C1CCN(S(=O)(=O)c2ccccc2C(F)(F)F)CC1. The zero-order chi connectivity index (χ0) is 23.4. The molecule has 0 bridgehead atoms. The van der Waals surface area contributed by atoms with E-state index in [1.54, 1.807) is 0 Å². The minimum absolute atomic E-state index is 0.0569. The van der Waals surface area contributed by atoms with Gasteiger partial charge in [-0.2, -0.15) is 17.5 Å². The van der Waals surface area contributed by atoms with Gasteiger partial charge in [-0.05, 0) is 49.2 Å². The van der Waals surface area contributed by atoms with Gasteiger partial charge in [0.1, 0.15) is 18.2 Å². The highest BCUT2D eigenvalue weighted by Crippen LogP contribution is 2.36. The highest BCUT2D eigenvalue weighted by atomic mass is 32.2. The van der Waals surface area contributed by atoms with E-state index in [0.29, 0.717) is 5.75 Å². The maximum Gasteiger partial charge on any atom is 0.417 e. The molecule has 1 N–H and O–H groups in total. The smallest absolute Gasteiger partial charge is 0.417 e. The van der Waals surface area contributed by atoms with E-state index in [1.807, 2.05) is 0 Å². The molecule has 32 heavy (non-hydrogen) atoms. The van der Waals surface area contributed by atoms with Crippen molar-refractivity contribution in [2.45, 2.75) is 23.9 Å². The normalized spacial score (nSPS) is 16.0. The van der Waals surface area contributed by atoms with Crippen LogP contribution in [0.5, 0.6) is 5.75 Å². The van der Waals surface area contributed by atoms with Crippen LogP contribution in [-0.4, -0.2) is 44.9 Å². The van der Waals surface area contributed by atoms with E-state index >= 15 is 0 Å². The van der Waals surface area contributed by atoms with E-state index in [2.05, 4.69) is 5.32 Å². The van der Waals surface area contributed by atoms with Gasteiger partial charge in [0.2, 0.25) is 15.9 Å². The fourth-order valence-electron chi connectivity index (χ4n) is 3.44. The topological polar surface area (TPSA) is 75.7 Å². The molecule has 1 aliphatic heterocycles. The van der Waals surface area contributed by atoms with Crippen molar-refractivity contribution in [2.75, 3.05) is 26.2 Å². The van der Waals surface area contributed by atoms with Crippen molar-refractivity contribution in [3.63, 3.8) is 0 Å². The molecule has 2 aromatic rings. The molecule has 0 unspecified atom stereocenters. The van der Waals surface area contributed by atoms with Crippen molar-refractivity contribution in [2.24, 2.45) is 5.92 Å². The van der Waals surface area contributed by atoms with Crippen LogP contribution in [0.3, 0.4) is 0 Å². The van der Waals surface area contributed by atoms with Gasteiger partial charge >= 0.3 is 6.18 Å². The standard InChI is InChI=1S/C21H22F4N2O4S/c22-16-5-7-17(8-6-16)31-14-11-26-20(28)15-9-12-27(13-10-15)32(29,30)19-4-2-1-3-18(19)21(23,24)25/h1-8,15H,9-14H2,(H,26,28). The Morgan fingerprint density at radius 2 is 1.69 bits per heavy atom. The summed E-state index contributed by atoms with van der Waals surface area (Å²) in [5.74, 6) is -0.662. The highest BCUT2D eigenvalue weighted by molar-refractivity contribution is 7.89. The molecule has 1 fully saturated rings. The van der Waals surface area contributed by atoms with Crippen molar-refractivity contribution in [3.8, 4) is 5.75 Å². The lowest BCUT2D eigenvalue weighted by atomic mass is 9.97. The first kappa shape index (κ1) is 24.0. The number of amides is 1. The first-order chi connectivity index (χ1) is 15.1. The Hall–Kier alpha value is -2.66. The van der Waals surface area contributed by atoms with E-state index in [0.717, 1.165) is 22.5 Å². The number of ether oxygens (including phenoxy) is 1. The lowest BCUT2D eigenvalue weighted by Crippen LogP contribution is -2.43. The van der Waals surface area contributed by atoms with Gasteiger partial charge in [-0.3, -0.25) is 4.79 Å². The molecule has 0 radical (unpaired) electrons. The van der Waals surface area contributed by atoms with E-state index in [1.165, 1.54) is 30.3 Å². The van der Waals surface area contributed by atoms with Crippen LogP contribution in [0, 0.1) is 11.7 Å². The Balaban J connectivity index is 1.51. The predicted molar refractivity (Wildman–Crippen MR) is 108 cm³/mol. The van der Waals surface area contributed by atoms with E-state index < -0.39 is 32.6 Å².